The standard InChI is InChI=1S/C24H24N4O/c29-24(28-20-10-8-18(9-11-20)23-25-12-1-13-26-23)19-6-4-17(5-7-19)21-14-22(21)27-15-16-2-3-16/h1,4-13,16,21-22,27H,2-3,14-15H2,(H,28,29)/t21-,22+/m0/s1. The van der Waals surface area contributed by atoms with Crippen LogP contribution in [0.3, 0.4) is 0 Å². The molecule has 3 aromatic rings. The number of hydrogen-bond donors (Lipinski definition) is 2. The summed E-state index contributed by atoms with van der Waals surface area (Å²) in [6, 6.07) is 18.0. The quantitative estimate of drug-likeness (QED) is 0.639. The van der Waals surface area contributed by atoms with Gasteiger partial charge in [-0.05, 0) is 79.8 Å². The molecule has 5 heteroatoms. The topological polar surface area (TPSA) is 66.9 Å². The van der Waals surface area contributed by atoms with Crippen LogP contribution in [0.4, 0.5) is 5.69 Å². The Balaban J connectivity index is 1.18. The maximum Gasteiger partial charge on any atom is 0.255 e. The molecule has 2 N–H and O–H groups in total. The zero-order valence-electron chi connectivity index (χ0n) is 16.2. The Bertz CT molecular complexity index is 982. The fourth-order valence-electron chi connectivity index (χ4n) is 3.66. The highest BCUT2D eigenvalue weighted by Gasteiger charge is 2.38. The van der Waals surface area contributed by atoms with Crippen molar-refractivity contribution in [2.24, 2.45) is 5.92 Å². The van der Waals surface area contributed by atoms with E-state index in [9.17, 15) is 4.79 Å². The molecule has 5 nitrogen and oxygen atoms in total. The van der Waals surface area contributed by atoms with Gasteiger partial charge < -0.3 is 10.6 Å². The zero-order chi connectivity index (χ0) is 19.6. The van der Waals surface area contributed by atoms with Crippen molar-refractivity contribution in [3.05, 3.63) is 78.1 Å². The van der Waals surface area contributed by atoms with Crippen molar-refractivity contribution in [1.82, 2.24) is 15.3 Å². The highest BCUT2D eigenvalue weighted by atomic mass is 16.1. The third-order valence-corrected chi connectivity index (χ3v) is 5.72. The molecule has 0 bridgehead atoms. The number of anilines is 1. The summed E-state index contributed by atoms with van der Waals surface area (Å²) in [5, 5.41) is 6.62. The molecule has 2 aliphatic rings. The summed E-state index contributed by atoms with van der Waals surface area (Å²) < 4.78 is 0. The number of nitrogens with zero attached hydrogens (tertiary/aromatic N) is 2. The van der Waals surface area contributed by atoms with E-state index in [0.29, 0.717) is 23.3 Å². The van der Waals surface area contributed by atoms with Gasteiger partial charge in [-0.25, -0.2) is 9.97 Å². The molecule has 0 saturated heterocycles. The Kier molecular flexibility index (Phi) is 4.82. The molecule has 0 unspecified atom stereocenters. The molecule has 1 aromatic heterocycles. The fourth-order valence-corrected chi connectivity index (χ4v) is 3.66. The zero-order valence-corrected chi connectivity index (χ0v) is 16.2. The van der Waals surface area contributed by atoms with E-state index < -0.39 is 0 Å². The van der Waals surface area contributed by atoms with Gasteiger partial charge in [-0.2, -0.15) is 0 Å². The Morgan fingerprint density at radius 1 is 0.966 bits per heavy atom. The molecule has 1 amide bonds. The fraction of sp³-hybridized carbons (Fsp3) is 0.292. The molecule has 2 aliphatic carbocycles. The summed E-state index contributed by atoms with van der Waals surface area (Å²) in [5.41, 5.74) is 3.67. The van der Waals surface area contributed by atoms with Crippen molar-refractivity contribution < 1.29 is 4.79 Å². The van der Waals surface area contributed by atoms with Crippen molar-refractivity contribution in [2.75, 3.05) is 11.9 Å². The molecular formula is C24H24N4O. The number of nitrogens with one attached hydrogen (secondary N) is 2. The summed E-state index contributed by atoms with van der Waals surface area (Å²) in [4.78, 5) is 21.0. The van der Waals surface area contributed by atoms with E-state index >= 15 is 0 Å². The summed E-state index contributed by atoms with van der Waals surface area (Å²) in [7, 11) is 0. The lowest BCUT2D eigenvalue weighted by atomic mass is 10.1. The van der Waals surface area contributed by atoms with E-state index in [1.165, 1.54) is 24.8 Å². The van der Waals surface area contributed by atoms with Gasteiger partial charge in [0.2, 0.25) is 0 Å². The van der Waals surface area contributed by atoms with Crippen LogP contribution in [0.2, 0.25) is 0 Å². The molecule has 2 saturated carbocycles. The molecule has 146 valence electrons. The van der Waals surface area contributed by atoms with Crippen LogP contribution >= 0.6 is 0 Å². The van der Waals surface area contributed by atoms with E-state index in [0.717, 1.165) is 23.7 Å². The molecule has 2 atom stereocenters. The van der Waals surface area contributed by atoms with Crippen LogP contribution in [0.1, 0.15) is 41.1 Å². The minimum atomic E-state index is -0.0977. The monoisotopic (exact) mass is 384 g/mol. The smallest absolute Gasteiger partial charge is 0.255 e. The van der Waals surface area contributed by atoms with Gasteiger partial charge >= 0.3 is 0 Å². The lowest BCUT2D eigenvalue weighted by molar-refractivity contribution is 0.102. The van der Waals surface area contributed by atoms with Crippen LogP contribution in [0, 0.1) is 5.92 Å². The Hall–Kier alpha value is -3.05. The van der Waals surface area contributed by atoms with Gasteiger partial charge in [0, 0.05) is 41.2 Å². The van der Waals surface area contributed by atoms with Crippen molar-refractivity contribution in [3.63, 3.8) is 0 Å². The second-order valence-corrected chi connectivity index (χ2v) is 8.03. The third-order valence-electron chi connectivity index (χ3n) is 5.72. The molecule has 2 fully saturated rings. The third kappa shape index (κ3) is 4.35. The van der Waals surface area contributed by atoms with Gasteiger partial charge in [0.1, 0.15) is 0 Å². The van der Waals surface area contributed by atoms with E-state index in [2.05, 4.69) is 32.7 Å². The van der Waals surface area contributed by atoms with Crippen molar-refractivity contribution in [1.29, 1.82) is 0 Å². The molecule has 29 heavy (non-hydrogen) atoms. The van der Waals surface area contributed by atoms with Gasteiger partial charge in [0.15, 0.2) is 5.82 Å². The maximum atomic E-state index is 12.6. The first kappa shape index (κ1) is 18.0. The maximum absolute atomic E-state index is 12.6. The summed E-state index contributed by atoms with van der Waals surface area (Å²) in [6.07, 6.45) is 7.41. The number of carbonyl (C=O) groups excluding carboxylic acids is 1. The highest BCUT2D eigenvalue weighted by molar-refractivity contribution is 6.04. The molecular weight excluding hydrogens is 360 g/mol. The molecule has 5 rings (SSSR count). The average molecular weight is 384 g/mol. The number of carbonyl (C=O) groups is 1. The molecule has 1 heterocycles. The number of benzene rings is 2. The van der Waals surface area contributed by atoms with E-state index in [1.807, 2.05) is 36.4 Å². The molecule has 0 aliphatic heterocycles. The Labute approximate surface area is 170 Å². The highest BCUT2D eigenvalue weighted by Crippen LogP contribution is 2.41. The van der Waals surface area contributed by atoms with Crippen LogP contribution in [0.5, 0.6) is 0 Å². The van der Waals surface area contributed by atoms with Gasteiger partial charge in [0.05, 0.1) is 0 Å². The van der Waals surface area contributed by atoms with Crippen molar-refractivity contribution in [3.8, 4) is 11.4 Å². The molecule has 2 aromatic carbocycles. The van der Waals surface area contributed by atoms with E-state index in [4.69, 9.17) is 0 Å². The van der Waals surface area contributed by atoms with Crippen LogP contribution in [-0.2, 0) is 0 Å². The van der Waals surface area contributed by atoms with E-state index in [1.54, 1.807) is 18.5 Å². The second kappa shape index (κ2) is 7.76. The van der Waals surface area contributed by atoms with Crippen molar-refractivity contribution in [2.45, 2.75) is 31.2 Å². The van der Waals surface area contributed by atoms with Gasteiger partial charge in [-0.1, -0.05) is 12.1 Å². The first-order valence-corrected chi connectivity index (χ1v) is 10.3. The number of aromatic nitrogens is 2. The molecule has 0 spiro atoms. The lowest BCUT2D eigenvalue weighted by Gasteiger charge is -2.08. The molecule has 0 radical (unpaired) electrons. The van der Waals surface area contributed by atoms with Crippen LogP contribution in [0.15, 0.2) is 67.0 Å². The summed E-state index contributed by atoms with van der Waals surface area (Å²) in [5.74, 6) is 2.08. The Morgan fingerprint density at radius 2 is 1.69 bits per heavy atom. The van der Waals surface area contributed by atoms with Gasteiger partial charge in [-0.15, -0.1) is 0 Å². The SMILES string of the molecule is O=C(Nc1ccc(-c2ncccn2)cc1)c1ccc([C@@H]2C[C@H]2NCC2CC2)cc1. The largest absolute Gasteiger partial charge is 0.322 e. The van der Waals surface area contributed by atoms with Crippen LogP contribution in [0.25, 0.3) is 11.4 Å². The van der Waals surface area contributed by atoms with Gasteiger partial charge in [0.25, 0.3) is 5.91 Å². The normalized spacial score (nSPS) is 20.3. The lowest BCUT2D eigenvalue weighted by Crippen LogP contribution is -2.20. The van der Waals surface area contributed by atoms with Crippen molar-refractivity contribution >= 4 is 11.6 Å². The second-order valence-electron chi connectivity index (χ2n) is 8.03. The summed E-state index contributed by atoms with van der Waals surface area (Å²) >= 11 is 0. The predicted octanol–water partition coefficient (Wildman–Crippen LogP) is 4.25. The van der Waals surface area contributed by atoms with Crippen LogP contribution in [-0.4, -0.2) is 28.5 Å². The number of hydrogen-bond acceptors (Lipinski definition) is 4. The number of rotatable bonds is 7. The van der Waals surface area contributed by atoms with Gasteiger partial charge in [-0.3, -0.25) is 4.79 Å². The summed E-state index contributed by atoms with van der Waals surface area (Å²) in [6.45, 7) is 1.16. The van der Waals surface area contributed by atoms with Crippen LogP contribution < -0.4 is 10.6 Å². The average Bonchev–Trinajstić information content (AvgIpc) is 3.69. The first-order valence-electron chi connectivity index (χ1n) is 10.3. The number of amides is 1. The minimum absolute atomic E-state index is 0.0977. The predicted molar refractivity (Wildman–Crippen MR) is 114 cm³/mol. The first-order chi connectivity index (χ1) is 14.3. The minimum Gasteiger partial charge on any atom is -0.322 e. The van der Waals surface area contributed by atoms with E-state index in [-0.39, 0.29) is 5.91 Å². The Morgan fingerprint density at radius 3 is 2.38 bits per heavy atom.